The summed E-state index contributed by atoms with van der Waals surface area (Å²) in [4.78, 5) is 12.3. The van der Waals surface area contributed by atoms with Gasteiger partial charge in [0.1, 0.15) is 6.07 Å². The molecular weight excluding hydrogens is 288 g/mol. The number of nitrogens with one attached hydrogen (secondary N) is 1. The average Bonchev–Trinajstić information content (AvgIpc) is 2.98. The number of hydrogen-bond donors (Lipinski definition) is 1. The van der Waals surface area contributed by atoms with Crippen LogP contribution in [0.25, 0.3) is 0 Å². The Balaban J connectivity index is 2.08. The summed E-state index contributed by atoms with van der Waals surface area (Å²) < 4.78 is 1.13. The Morgan fingerprint density at radius 2 is 2.20 bits per heavy atom. The lowest BCUT2D eigenvalue weighted by Gasteiger charge is -2.14. The summed E-state index contributed by atoms with van der Waals surface area (Å²) in [6.07, 6.45) is 0.739. The molecule has 0 spiro atoms. The molecule has 5 heteroatoms. The van der Waals surface area contributed by atoms with E-state index in [9.17, 15) is 4.79 Å². The molecule has 20 heavy (non-hydrogen) atoms. The molecular formula is C15H14N2OS2. The standard InChI is InChI=1S/C15H14N2OS2/c1-2-13(20-14-8-5-9-19-14)15(18)17-12-7-4-3-6-11(12)10-16/h3-9,13H,2H2,1H3,(H,17,18)/t13-/m1/s1. The number of anilines is 1. The van der Waals surface area contributed by atoms with Crippen LogP contribution in [0.2, 0.25) is 0 Å². The van der Waals surface area contributed by atoms with Gasteiger partial charge in [-0.1, -0.05) is 25.1 Å². The monoisotopic (exact) mass is 302 g/mol. The minimum absolute atomic E-state index is 0.0615. The van der Waals surface area contributed by atoms with Gasteiger partial charge in [0.15, 0.2) is 0 Å². The van der Waals surface area contributed by atoms with Crippen LogP contribution in [-0.4, -0.2) is 11.2 Å². The van der Waals surface area contributed by atoms with Crippen LogP contribution in [0.5, 0.6) is 0 Å². The lowest BCUT2D eigenvalue weighted by molar-refractivity contribution is -0.115. The summed E-state index contributed by atoms with van der Waals surface area (Å²) in [5.41, 5.74) is 1.06. The number of para-hydroxylation sites is 1. The van der Waals surface area contributed by atoms with Crippen molar-refractivity contribution in [1.82, 2.24) is 0 Å². The zero-order valence-electron chi connectivity index (χ0n) is 11.0. The van der Waals surface area contributed by atoms with E-state index in [1.54, 1.807) is 41.3 Å². The van der Waals surface area contributed by atoms with Crippen LogP contribution in [-0.2, 0) is 4.79 Å². The molecule has 1 atom stereocenters. The molecule has 0 bridgehead atoms. The topological polar surface area (TPSA) is 52.9 Å². The smallest absolute Gasteiger partial charge is 0.237 e. The third-order valence-electron chi connectivity index (χ3n) is 2.72. The first-order valence-electron chi connectivity index (χ1n) is 6.24. The van der Waals surface area contributed by atoms with Gasteiger partial charge < -0.3 is 5.32 Å². The molecule has 2 rings (SSSR count). The molecule has 1 heterocycles. The van der Waals surface area contributed by atoms with Gasteiger partial charge in [-0.25, -0.2) is 0 Å². The number of benzene rings is 1. The predicted molar refractivity (Wildman–Crippen MR) is 84.0 cm³/mol. The van der Waals surface area contributed by atoms with Crippen molar-refractivity contribution in [3.05, 3.63) is 47.3 Å². The predicted octanol–water partition coefficient (Wildman–Crippen LogP) is 4.13. The quantitative estimate of drug-likeness (QED) is 0.845. The number of thiophene rings is 1. The van der Waals surface area contributed by atoms with Crippen molar-refractivity contribution >= 4 is 34.7 Å². The van der Waals surface area contributed by atoms with Gasteiger partial charge in [-0.05, 0) is 30.0 Å². The molecule has 0 radical (unpaired) electrons. The SMILES string of the molecule is CC[C@@H](Sc1cccs1)C(=O)Nc1ccccc1C#N. The third-order valence-corrected chi connectivity index (χ3v) is 5.16. The Hall–Kier alpha value is -1.77. The van der Waals surface area contributed by atoms with E-state index in [2.05, 4.69) is 11.4 Å². The highest BCUT2D eigenvalue weighted by molar-refractivity contribution is 8.02. The van der Waals surface area contributed by atoms with Crippen molar-refractivity contribution < 1.29 is 4.79 Å². The van der Waals surface area contributed by atoms with Gasteiger partial charge in [0, 0.05) is 0 Å². The van der Waals surface area contributed by atoms with Crippen molar-refractivity contribution in [1.29, 1.82) is 5.26 Å². The molecule has 102 valence electrons. The molecule has 0 unspecified atom stereocenters. The summed E-state index contributed by atoms with van der Waals surface area (Å²) in [5, 5.41) is 13.7. The molecule has 0 saturated heterocycles. The Kier molecular flexibility index (Phi) is 5.22. The first kappa shape index (κ1) is 14.6. The van der Waals surface area contributed by atoms with Gasteiger partial charge in [-0.2, -0.15) is 5.26 Å². The van der Waals surface area contributed by atoms with Crippen LogP contribution in [0, 0.1) is 11.3 Å². The maximum Gasteiger partial charge on any atom is 0.237 e. The Morgan fingerprint density at radius 3 is 2.85 bits per heavy atom. The fourth-order valence-electron chi connectivity index (χ4n) is 1.70. The second kappa shape index (κ2) is 7.13. The Morgan fingerprint density at radius 1 is 1.40 bits per heavy atom. The van der Waals surface area contributed by atoms with Crippen LogP contribution in [0.15, 0.2) is 46.0 Å². The maximum atomic E-state index is 12.3. The molecule has 0 aliphatic rings. The molecule has 1 amide bonds. The van der Waals surface area contributed by atoms with Gasteiger partial charge >= 0.3 is 0 Å². The van der Waals surface area contributed by atoms with Crippen molar-refractivity contribution in [2.24, 2.45) is 0 Å². The number of carbonyl (C=O) groups is 1. The van der Waals surface area contributed by atoms with E-state index in [1.807, 2.05) is 30.5 Å². The summed E-state index contributed by atoms with van der Waals surface area (Å²) in [5.74, 6) is -0.0615. The van der Waals surface area contributed by atoms with Crippen LogP contribution < -0.4 is 5.32 Å². The number of nitrogens with zero attached hydrogens (tertiary/aromatic N) is 1. The first-order chi connectivity index (χ1) is 9.74. The maximum absolute atomic E-state index is 12.3. The van der Waals surface area contributed by atoms with Gasteiger partial charge in [-0.3, -0.25) is 4.79 Å². The van der Waals surface area contributed by atoms with Crippen molar-refractivity contribution in [3.63, 3.8) is 0 Å². The van der Waals surface area contributed by atoms with E-state index in [0.717, 1.165) is 10.6 Å². The Bertz CT molecular complexity index is 617. The normalized spacial score (nSPS) is 11.6. The minimum Gasteiger partial charge on any atom is -0.324 e. The van der Waals surface area contributed by atoms with Crippen molar-refractivity contribution in [2.45, 2.75) is 22.8 Å². The number of rotatable bonds is 5. The molecule has 0 saturated carbocycles. The second-order valence-electron chi connectivity index (χ2n) is 4.09. The summed E-state index contributed by atoms with van der Waals surface area (Å²) in [6.45, 7) is 1.99. The Labute approximate surface area is 126 Å². The highest BCUT2D eigenvalue weighted by Crippen LogP contribution is 2.30. The molecule has 0 fully saturated rings. The van der Waals surface area contributed by atoms with E-state index in [1.165, 1.54) is 0 Å². The molecule has 2 aromatic rings. The average molecular weight is 302 g/mol. The molecule has 1 N–H and O–H groups in total. The highest BCUT2D eigenvalue weighted by Gasteiger charge is 2.19. The summed E-state index contributed by atoms with van der Waals surface area (Å²) in [7, 11) is 0. The lowest BCUT2D eigenvalue weighted by atomic mass is 10.2. The molecule has 1 aromatic carbocycles. The molecule has 1 aromatic heterocycles. The fourth-order valence-corrected chi connectivity index (χ4v) is 3.65. The van der Waals surface area contributed by atoms with Gasteiger partial charge in [0.05, 0.1) is 20.7 Å². The van der Waals surface area contributed by atoms with Crippen LogP contribution >= 0.6 is 23.1 Å². The fraction of sp³-hybridized carbons (Fsp3) is 0.200. The van der Waals surface area contributed by atoms with Crippen LogP contribution in [0.3, 0.4) is 0 Å². The zero-order chi connectivity index (χ0) is 14.4. The van der Waals surface area contributed by atoms with Crippen molar-refractivity contribution in [3.8, 4) is 6.07 Å². The second-order valence-corrected chi connectivity index (χ2v) is 6.54. The minimum atomic E-state index is -0.152. The lowest BCUT2D eigenvalue weighted by Crippen LogP contribution is -2.24. The highest BCUT2D eigenvalue weighted by atomic mass is 32.2. The largest absolute Gasteiger partial charge is 0.324 e. The first-order valence-corrected chi connectivity index (χ1v) is 8.00. The van der Waals surface area contributed by atoms with E-state index >= 15 is 0 Å². The number of carbonyl (C=O) groups excluding carboxylic acids is 1. The molecule has 0 aliphatic heterocycles. The van der Waals surface area contributed by atoms with Gasteiger partial charge in [0.2, 0.25) is 5.91 Å². The number of thioether (sulfide) groups is 1. The summed E-state index contributed by atoms with van der Waals surface area (Å²) >= 11 is 3.19. The van der Waals surface area contributed by atoms with E-state index in [-0.39, 0.29) is 11.2 Å². The van der Waals surface area contributed by atoms with Crippen LogP contribution in [0.1, 0.15) is 18.9 Å². The molecule has 3 nitrogen and oxygen atoms in total. The molecule has 0 aliphatic carbocycles. The van der Waals surface area contributed by atoms with Crippen molar-refractivity contribution in [2.75, 3.05) is 5.32 Å². The third kappa shape index (κ3) is 3.62. The van der Waals surface area contributed by atoms with Crippen LogP contribution in [0.4, 0.5) is 5.69 Å². The van der Waals surface area contributed by atoms with E-state index in [4.69, 9.17) is 5.26 Å². The zero-order valence-corrected chi connectivity index (χ0v) is 12.6. The summed E-state index contributed by atoms with van der Waals surface area (Å²) in [6, 6.07) is 13.1. The number of hydrogen-bond acceptors (Lipinski definition) is 4. The number of nitriles is 1. The van der Waals surface area contributed by atoms with E-state index < -0.39 is 0 Å². The van der Waals surface area contributed by atoms with Gasteiger partial charge in [0.25, 0.3) is 0 Å². The van der Waals surface area contributed by atoms with E-state index in [0.29, 0.717) is 11.3 Å². The number of amides is 1. The van der Waals surface area contributed by atoms with Gasteiger partial charge in [-0.15, -0.1) is 23.1 Å².